The van der Waals surface area contributed by atoms with Crippen LogP contribution in [-0.2, 0) is 16.0 Å². The molecule has 0 fully saturated rings. The zero-order chi connectivity index (χ0) is 23.0. The molecule has 1 atom stereocenters. The van der Waals surface area contributed by atoms with Crippen molar-refractivity contribution in [3.05, 3.63) is 59.9 Å². The third-order valence-corrected chi connectivity index (χ3v) is 5.02. The van der Waals surface area contributed by atoms with Crippen molar-refractivity contribution in [2.75, 3.05) is 20.2 Å². The van der Waals surface area contributed by atoms with E-state index in [-0.39, 0.29) is 24.2 Å². The summed E-state index contributed by atoms with van der Waals surface area (Å²) >= 11 is 0. The second kappa shape index (κ2) is 10.4. The van der Waals surface area contributed by atoms with Gasteiger partial charge in [-0.05, 0) is 12.5 Å². The number of rotatable bonds is 10. The first-order valence-corrected chi connectivity index (χ1v) is 10.5. The number of pyridine rings is 1. The number of carbonyl (C=O) groups is 2. The van der Waals surface area contributed by atoms with Gasteiger partial charge in [0.1, 0.15) is 0 Å². The number of hydrogen-bond donors (Lipinski definition) is 2. The third-order valence-electron chi connectivity index (χ3n) is 5.02. The second-order valence-electron chi connectivity index (χ2n) is 7.30. The van der Waals surface area contributed by atoms with E-state index in [1.54, 1.807) is 31.5 Å². The first-order chi connectivity index (χ1) is 16.1. The number of aryl methyl sites for hydroxylation is 1. The van der Waals surface area contributed by atoms with Gasteiger partial charge >= 0.3 is 0 Å². The Morgan fingerprint density at radius 2 is 2.12 bits per heavy atom. The molecule has 1 aliphatic heterocycles. The molecule has 2 aromatic heterocycles. The van der Waals surface area contributed by atoms with Gasteiger partial charge in [0.25, 0.3) is 11.8 Å². The zero-order valence-electron chi connectivity index (χ0n) is 18.0. The lowest BCUT2D eigenvalue weighted by Gasteiger charge is -2.20. The molecule has 0 aromatic carbocycles. The summed E-state index contributed by atoms with van der Waals surface area (Å²) in [5.74, 6) is 1.14. The number of hydrogen-bond acceptors (Lipinski definition) is 9. The van der Waals surface area contributed by atoms with Crippen molar-refractivity contribution in [1.82, 2.24) is 25.8 Å². The summed E-state index contributed by atoms with van der Waals surface area (Å²) in [6.07, 6.45) is 10.2. The highest BCUT2D eigenvalue weighted by molar-refractivity contribution is 5.86. The number of nitrogens with one attached hydrogen (secondary N) is 2. The molecule has 0 saturated heterocycles. The summed E-state index contributed by atoms with van der Waals surface area (Å²) in [5.41, 5.74) is 1.49. The van der Waals surface area contributed by atoms with Crippen LogP contribution in [0, 0.1) is 5.92 Å². The Morgan fingerprint density at radius 3 is 2.94 bits per heavy atom. The van der Waals surface area contributed by atoms with Crippen LogP contribution in [0.25, 0.3) is 11.5 Å². The van der Waals surface area contributed by atoms with Crippen LogP contribution in [0.15, 0.2) is 68.8 Å². The minimum atomic E-state index is -0.374. The van der Waals surface area contributed by atoms with Gasteiger partial charge in [-0.25, -0.2) is 4.98 Å². The van der Waals surface area contributed by atoms with Crippen molar-refractivity contribution in [2.45, 2.75) is 19.3 Å². The van der Waals surface area contributed by atoms with E-state index in [1.807, 2.05) is 18.2 Å². The van der Waals surface area contributed by atoms with Crippen molar-refractivity contribution in [3.8, 4) is 17.3 Å². The molecule has 170 valence electrons. The molecule has 4 rings (SSSR count). The van der Waals surface area contributed by atoms with Gasteiger partial charge in [-0.2, -0.15) is 4.98 Å². The number of aromatic nitrogens is 3. The molecule has 11 heteroatoms. The van der Waals surface area contributed by atoms with Gasteiger partial charge in [-0.3, -0.25) is 9.59 Å². The van der Waals surface area contributed by atoms with Gasteiger partial charge in [0.2, 0.25) is 11.8 Å². The summed E-state index contributed by atoms with van der Waals surface area (Å²) in [5, 5.41) is 17.6. The largest absolute Gasteiger partial charge is 0.481 e. The number of fused-ring (bicyclic) bond motifs is 1. The quantitative estimate of drug-likeness (QED) is 0.525. The van der Waals surface area contributed by atoms with E-state index >= 15 is 0 Å². The standard InChI is InChI=1S/C22H23N7O4/c1-32-19-10-7-14(13-25-19)22-26-17(29-33-22)8-9-18(30)23-11-4-12-24-20-15-5-2-3-6-16(15)21(31)28-27-20/h2-3,5-7,10,13,16,24H,4,8-9,11-12H2,1H3,(H,23,30). The van der Waals surface area contributed by atoms with Gasteiger partial charge < -0.3 is 19.9 Å². The molecule has 11 nitrogen and oxygen atoms in total. The predicted octanol–water partition coefficient (Wildman–Crippen LogP) is 2.11. The van der Waals surface area contributed by atoms with Crippen LogP contribution in [0.5, 0.6) is 5.88 Å². The Hall–Kier alpha value is -4.15. The molecule has 2 aromatic rings. The first-order valence-electron chi connectivity index (χ1n) is 10.5. The third kappa shape index (κ3) is 5.56. The maximum Gasteiger partial charge on any atom is 0.276 e. The SMILES string of the molecule is COc1ccc(-c2nc(CCC(=O)NCCCNC3=C4C=CC=CC4C(=O)N=N3)no2)cn1. The Kier molecular flexibility index (Phi) is 6.98. The van der Waals surface area contributed by atoms with Crippen LogP contribution in [-0.4, -0.2) is 47.1 Å². The molecule has 0 spiro atoms. The van der Waals surface area contributed by atoms with Crippen molar-refractivity contribution in [1.29, 1.82) is 0 Å². The fourth-order valence-corrected chi connectivity index (χ4v) is 3.28. The van der Waals surface area contributed by atoms with E-state index in [0.717, 1.165) is 5.57 Å². The summed E-state index contributed by atoms with van der Waals surface area (Å²) in [6.45, 7) is 1.08. The van der Waals surface area contributed by atoms with E-state index in [1.165, 1.54) is 0 Å². The Balaban J connectivity index is 1.16. The van der Waals surface area contributed by atoms with Crippen LogP contribution < -0.4 is 15.4 Å². The first kappa shape index (κ1) is 22.1. The predicted molar refractivity (Wildman–Crippen MR) is 117 cm³/mol. The Bertz CT molecular complexity index is 1130. The summed E-state index contributed by atoms with van der Waals surface area (Å²) in [6, 6.07) is 3.48. The molecule has 2 amide bonds. The molecule has 33 heavy (non-hydrogen) atoms. The number of nitrogens with zero attached hydrogens (tertiary/aromatic N) is 5. The zero-order valence-corrected chi connectivity index (χ0v) is 18.0. The molecule has 0 radical (unpaired) electrons. The van der Waals surface area contributed by atoms with Gasteiger partial charge in [0, 0.05) is 43.8 Å². The summed E-state index contributed by atoms with van der Waals surface area (Å²) < 4.78 is 10.3. The van der Waals surface area contributed by atoms with Crippen LogP contribution in [0.4, 0.5) is 0 Å². The highest BCUT2D eigenvalue weighted by Gasteiger charge is 2.26. The minimum absolute atomic E-state index is 0.0992. The molecule has 3 heterocycles. The lowest BCUT2D eigenvalue weighted by atomic mass is 9.93. The highest BCUT2D eigenvalue weighted by atomic mass is 16.5. The van der Waals surface area contributed by atoms with Crippen molar-refractivity contribution in [2.24, 2.45) is 16.1 Å². The van der Waals surface area contributed by atoms with Crippen LogP contribution in [0.3, 0.4) is 0 Å². The fourth-order valence-electron chi connectivity index (χ4n) is 3.28. The number of carbonyl (C=O) groups excluding carboxylic acids is 2. The maximum absolute atomic E-state index is 12.1. The molecular formula is C22H23N7O4. The lowest BCUT2D eigenvalue weighted by Crippen LogP contribution is -2.28. The van der Waals surface area contributed by atoms with E-state index in [2.05, 4.69) is 36.0 Å². The average molecular weight is 449 g/mol. The van der Waals surface area contributed by atoms with E-state index in [0.29, 0.717) is 54.9 Å². The maximum atomic E-state index is 12.1. The second-order valence-corrected chi connectivity index (χ2v) is 7.30. The highest BCUT2D eigenvalue weighted by Crippen LogP contribution is 2.27. The van der Waals surface area contributed by atoms with E-state index < -0.39 is 0 Å². The van der Waals surface area contributed by atoms with Crippen molar-refractivity contribution >= 4 is 11.8 Å². The molecule has 1 aliphatic carbocycles. The van der Waals surface area contributed by atoms with Gasteiger partial charge in [0.15, 0.2) is 11.6 Å². The molecule has 2 aliphatic rings. The average Bonchev–Trinajstić information content (AvgIpc) is 3.33. The lowest BCUT2D eigenvalue weighted by molar-refractivity contribution is -0.121. The number of amides is 2. The monoisotopic (exact) mass is 449 g/mol. The Labute approximate surface area is 189 Å². The summed E-state index contributed by atoms with van der Waals surface area (Å²) in [4.78, 5) is 32.3. The van der Waals surface area contributed by atoms with Crippen molar-refractivity contribution in [3.63, 3.8) is 0 Å². The van der Waals surface area contributed by atoms with Gasteiger partial charge in [-0.1, -0.05) is 29.5 Å². The molecule has 0 saturated carbocycles. The molecular weight excluding hydrogens is 426 g/mol. The van der Waals surface area contributed by atoms with E-state index in [4.69, 9.17) is 9.26 Å². The van der Waals surface area contributed by atoms with Crippen LogP contribution >= 0.6 is 0 Å². The number of azo groups is 1. The number of ether oxygens (including phenoxy) is 1. The summed E-state index contributed by atoms with van der Waals surface area (Å²) in [7, 11) is 1.54. The van der Waals surface area contributed by atoms with Gasteiger partial charge in [-0.15, -0.1) is 10.2 Å². The number of allylic oxidation sites excluding steroid dienone is 3. The molecule has 0 bridgehead atoms. The number of methoxy groups -OCH3 is 1. The molecule has 2 N–H and O–H groups in total. The molecule has 1 unspecified atom stereocenters. The van der Waals surface area contributed by atoms with Crippen molar-refractivity contribution < 1.29 is 18.8 Å². The smallest absolute Gasteiger partial charge is 0.276 e. The normalized spacial score (nSPS) is 16.6. The van der Waals surface area contributed by atoms with E-state index in [9.17, 15) is 9.59 Å². The van der Waals surface area contributed by atoms with Crippen LogP contribution in [0.1, 0.15) is 18.7 Å². The van der Waals surface area contributed by atoms with Crippen LogP contribution in [0.2, 0.25) is 0 Å². The fraction of sp³-hybridized carbons (Fsp3) is 0.318. The topological polar surface area (TPSA) is 144 Å². The minimum Gasteiger partial charge on any atom is -0.481 e. The Morgan fingerprint density at radius 1 is 1.21 bits per heavy atom. The van der Waals surface area contributed by atoms with Gasteiger partial charge in [0.05, 0.1) is 18.6 Å².